The first kappa shape index (κ1) is 19.3. The largest absolute Gasteiger partial charge is 0.460 e. The van der Waals surface area contributed by atoms with Crippen LogP contribution in [0, 0.1) is 10.1 Å². The van der Waals surface area contributed by atoms with Crippen LogP contribution in [0.5, 0.6) is 0 Å². The highest BCUT2D eigenvalue weighted by Crippen LogP contribution is 2.31. The lowest BCUT2D eigenvalue weighted by Gasteiger charge is -2.17. The van der Waals surface area contributed by atoms with Gasteiger partial charge in [0.05, 0.1) is 17.5 Å². The van der Waals surface area contributed by atoms with E-state index in [1.807, 2.05) is 19.1 Å². The Kier molecular flexibility index (Phi) is 5.71. The number of furan rings is 1. The predicted octanol–water partition coefficient (Wildman–Crippen LogP) is 5.14. The van der Waals surface area contributed by atoms with Gasteiger partial charge in [0.1, 0.15) is 11.5 Å². The van der Waals surface area contributed by atoms with E-state index < -0.39 is 4.92 Å². The Balaban J connectivity index is 1.36. The van der Waals surface area contributed by atoms with Crippen molar-refractivity contribution in [1.82, 2.24) is 15.5 Å². The average molecular weight is 396 g/mol. The number of hydrogen-bond acceptors (Lipinski definition) is 7. The number of non-ortho nitro benzene ring substituents is 1. The number of aromatic nitrogens is 2. The second-order valence-electron chi connectivity index (χ2n) is 7.50. The van der Waals surface area contributed by atoms with Gasteiger partial charge < -0.3 is 8.94 Å². The van der Waals surface area contributed by atoms with Crippen LogP contribution < -0.4 is 5.32 Å². The van der Waals surface area contributed by atoms with Crippen LogP contribution in [0.1, 0.15) is 68.5 Å². The summed E-state index contributed by atoms with van der Waals surface area (Å²) in [6.45, 7) is 2.46. The number of nitrogens with zero attached hydrogens (tertiary/aromatic N) is 3. The van der Waals surface area contributed by atoms with E-state index in [0.29, 0.717) is 29.7 Å². The van der Waals surface area contributed by atoms with Gasteiger partial charge in [-0.2, -0.15) is 4.98 Å². The molecule has 8 heteroatoms. The zero-order valence-electron chi connectivity index (χ0n) is 16.3. The summed E-state index contributed by atoms with van der Waals surface area (Å²) >= 11 is 0. The Morgan fingerprint density at radius 3 is 2.86 bits per heavy atom. The first-order chi connectivity index (χ1) is 14.1. The van der Waals surface area contributed by atoms with Crippen molar-refractivity contribution in [3.8, 4) is 11.3 Å². The number of nitrogens with one attached hydrogen (secondary N) is 1. The second kappa shape index (κ2) is 8.57. The molecule has 2 aromatic heterocycles. The van der Waals surface area contributed by atoms with Crippen molar-refractivity contribution in [3.05, 3.63) is 64.0 Å². The average Bonchev–Trinajstić information content (AvgIpc) is 3.43. The standard InChI is InChI=1S/C21H24N4O4/c1-14(21-23-20(24-29-21)15-6-3-2-4-7-15)22-13-18-10-11-19(28-18)16-8-5-9-17(12-16)25(26)27/h5,8-12,14-15,22H,2-4,6-7,13H2,1H3. The Morgan fingerprint density at radius 2 is 2.07 bits per heavy atom. The summed E-state index contributed by atoms with van der Waals surface area (Å²) in [7, 11) is 0. The van der Waals surface area contributed by atoms with Crippen LogP contribution in [0.4, 0.5) is 5.69 Å². The Morgan fingerprint density at radius 1 is 1.24 bits per heavy atom. The topological polar surface area (TPSA) is 107 Å². The van der Waals surface area contributed by atoms with Gasteiger partial charge in [-0.3, -0.25) is 15.4 Å². The summed E-state index contributed by atoms with van der Waals surface area (Å²) in [5, 5.41) is 18.5. The van der Waals surface area contributed by atoms with Gasteiger partial charge in [0, 0.05) is 23.6 Å². The number of nitro benzene ring substituents is 1. The molecule has 0 aliphatic heterocycles. The molecule has 29 heavy (non-hydrogen) atoms. The quantitative estimate of drug-likeness (QED) is 0.435. The molecule has 2 heterocycles. The van der Waals surface area contributed by atoms with Crippen LogP contribution in [0.3, 0.4) is 0 Å². The summed E-state index contributed by atoms with van der Waals surface area (Å²) in [5.41, 5.74) is 0.713. The Bertz CT molecular complexity index is 974. The molecule has 0 radical (unpaired) electrons. The maximum atomic E-state index is 10.9. The highest BCUT2D eigenvalue weighted by molar-refractivity contribution is 5.61. The normalized spacial score (nSPS) is 16.0. The molecule has 1 aromatic carbocycles. The SMILES string of the molecule is CC(NCc1ccc(-c2cccc([N+](=O)[O-])c2)o1)c1nc(C2CCCCC2)no1. The van der Waals surface area contributed by atoms with Crippen molar-refractivity contribution in [3.63, 3.8) is 0 Å². The van der Waals surface area contributed by atoms with Crippen LogP contribution in [0.2, 0.25) is 0 Å². The molecule has 0 spiro atoms. The maximum Gasteiger partial charge on any atom is 0.270 e. The molecule has 4 rings (SSSR count). The highest BCUT2D eigenvalue weighted by Gasteiger charge is 2.22. The third-order valence-electron chi connectivity index (χ3n) is 5.38. The predicted molar refractivity (Wildman–Crippen MR) is 106 cm³/mol. The smallest absolute Gasteiger partial charge is 0.270 e. The van der Waals surface area contributed by atoms with Crippen molar-refractivity contribution in [2.24, 2.45) is 0 Å². The van der Waals surface area contributed by atoms with Crippen LogP contribution in [-0.2, 0) is 6.54 Å². The van der Waals surface area contributed by atoms with E-state index in [-0.39, 0.29) is 11.7 Å². The van der Waals surface area contributed by atoms with Crippen LogP contribution in [0.15, 0.2) is 45.3 Å². The van der Waals surface area contributed by atoms with Gasteiger partial charge in [0.25, 0.3) is 5.69 Å². The fourth-order valence-corrected chi connectivity index (χ4v) is 3.69. The summed E-state index contributed by atoms with van der Waals surface area (Å²) in [4.78, 5) is 15.1. The Hall–Kier alpha value is -3.00. The van der Waals surface area contributed by atoms with Crippen molar-refractivity contribution >= 4 is 5.69 Å². The molecule has 1 saturated carbocycles. The molecule has 1 atom stereocenters. The van der Waals surface area contributed by atoms with Gasteiger partial charge in [-0.1, -0.05) is 36.6 Å². The van der Waals surface area contributed by atoms with Crippen molar-refractivity contribution in [2.75, 3.05) is 0 Å². The molecule has 1 N–H and O–H groups in total. The molecule has 0 saturated heterocycles. The molecule has 0 amide bonds. The lowest BCUT2D eigenvalue weighted by atomic mass is 9.89. The molecule has 1 aliphatic rings. The van der Waals surface area contributed by atoms with Gasteiger partial charge in [0.2, 0.25) is 5.89 Å². The van der Waals surface area contributed by atoms with E-state index in [2.05, 4.69) is 15.5 Å². The molecule has 3 aromatic rings. The molecule has 152 valence electrons. The minimum atomic E-state index is -0.414. The number of rotatable bonds is 7. The molecular formula is C21H24N4O4. The molecule has 0 bridgehead atoms. The van der Waals surface area contributed by atoms with E-state index in [0.717, 1.165) is 24.4 Å². The number of benzene rings is 1. The van der Waals surface area contributed by atoms with Gasteiger partial charge in [-0.05, 0) is 31.9 Å². The van der Waals surface area contributed by atoms with E-state index in [1.165, 1.54) is 31.4 Å². The summed E-state index contributed by atoms with van der Waals surface area (Å²) in [5.74, 6) is 3.13. The van der Waals surface area contributed by atoms with Gasteiger partial charge >= 0.3 is 0 Å². The van der Waals surface area contributed by atoms with Crippen molar-refractivity contribution < 1.29 is 13.9 Å². The fraction of sp³-hybridized carbons (Fsp3) is 0.429. The third kappa shape index (κ3) is 4.54. The highest BCUT2D eigenvalue weighted by atomic mass is 16.6. The molecule has 1 aliphatic carbocycles. The fourth-order valence-electron chi connectivity index (χ4n) is 3.69. The van der Waals surface area contributed by atoms with Crippen LogP contribution in [-0.4, -0.2) is 15.1 Å². The van der Waals surface area contributed by atoms with Gasteiger partial charge in [-0.25, -0.2) is 0 Å². The molecule has 1 unspecified atom stereocenters. The van der Waals surface area contributed by atoms with E-state index in [1.54, 1.807) is 12.1 Å². The minimum absolute atomic E-state index is 0.0392. The zero-order valence-corrected chi connectivity index (χ0v) is 16.3. The molecule has 1 fully saturated rings. The van der Waals surface area contributed by atoms with Crippen molar-refractivity contribution in [2.45, 2.75) is 57.5 Å². The second-order valence-corrected chi connectivity index (χ2v) is 7.50. The van der Waals surface area contributed by atoms with Crippen molar-refractivity contribution in [1.29, 1.82) is 0 Å². The zero-order chi connectivity index (χ0) is 20.2. The number of hydrogen-bond donors (Lipinski definition) is 1. The Labute approximate surface area is 168 Å². The minimum Gasteiger partial charge on any atom is -0.460 e. The van der Waals surface area contributed by atoms with Gasteiger partial charge in [-0.15, -0.1) is 0 Å². The summed E-state index contributed by atoms with van der Waals surface area (Å²) in [6, 6.07) is 9.97. The lowest BCUT2D eigenvalue weighted by molar-refractivity contribution is -0.384. The summed E-state index contributed by atoms with van der Waals surface area (Å²) < 4.78 is 11.3. The summed E-state index contributed by atoms with van der Waals surface area (Å²) in [6.07, 6.45) is 6.02. The van der Waals surface area contributed by atoms with Crippen LogP contribution in [0.25, 0.3) is 11.3 Å². The first-order valence-electron chi connectivity index (χ1n) is 10.0. The van der Waals surface area contributed by atoms with E-state index in [4.69, 9.17) is 8.94 Å². The first-order valence-corrected chi connectivity index (χ1v) is 10.0. The molecular weight excluding hydrogens is 372 g/mol. The van der Waals surface area contributed by atoms with E-state index >= 15 is 0 Å². The molecule has 8 nitrogen and oxygen atoms in total. The maximum absolute atomic E-state index is 10.9. The monoisotopic (exact) mass is 396 g/mol. The van der Waals surface area contributed by atoms with Crippen LogP contribution >= 0.6 is 0 Å². The van der Waals surface area contributed by atoms with E-state index in [9.17, 15) is 10.1 Å². The lowest BCUT2D eigenvalue weighted by Crippen LogP contribution is -2.18. The van der Waals surface area contributed by atoms with Gasteiger partial charge in [0.15, 0.2) is 5.82 Å². The number of nitro groups is 1. The third-order valence-corrected chi connectivity index (χ3v) is 5.38.